The topological polar surface area (TPSA) is 130 Å². The number of imide groups is 1. The molecular formula is C22H23N3O7S. The summed E-state index contributed by atoms with van der Waals surface area (Å²) in [7, 11) is -3.70. The smallest absolute Gasteiger partial charge is 0.326 e. The molecule has 0 fully saturated rings. The molecule has 1 aliphatic rings. The van der Waals surface area contributed by atoms with Crippen molar-refractivity contribution in [2.75, 3.05) is 31.6 Å². The first kappa shape index (κ1) is 24.1. The summed E-state index contributed by atoms with van der Waals surface area (Å²) in [5.41, 5.74) is 0.616. The molecular weight excluding hydrogens is 450 g/mol. The molecule has 174 valence electrons. The molecule has 1 heterocycles. The predicted molar refractivity (Wildman–Crippen MR) is 118 cm³/mol. The summed E-state index contributed by atoms with van der Waals surface area (Å²) < 4.78 is 31.4. The van der Waals surface area contributed by atoms with Crippen LogP contribution in [0.3, 0.4) is 0 Å². The van der Waals surface area contributed by atoms with Gasteiger partial charge in [-0.25, -0.2) is 8.42 Å². The number of fused-ring (bicyclic) bond motifs is 1. The van der Waals surface area contributed by atoms with Crippen LogP contribution >= 0.6 is 0 Å². The molecule has 11 heteroatoms. The van der Waals surface area contributed by atoms with Gasteiger partial charge in [-0.3, -0.25) is 24.1 Å². The molecule has 0 atom stereocenters. The Balaban J connectivity index is 1.57. The van der Waals surface area contributed by atoms with Crippen molar-refractivity contribution >= 4 is 39.4 Å². The lowest BCUT2D eigenvalue weighted by atomic mass is 10.1. The molecule has 0 unspecified atom stereocenters. The van der Waals surface area contributed by atoms with Crippen molar-refractivity contribution in [2.24, 2.45) is 0 Å². The molecule has 0 bridgehead atoms. The molecule has 1 N–H and O–H groups in total. The first-order valence-electron chi connectivity index (χ1n) is 10.2. The van der Waals surface area contributed by atoms with E-state index in [4.69, 9.17) is 4.74 Å². The number of hydrogen-bond donors (Lipinski definition) is 1. The van der Waals surface area contributed by atoms with Gasteiger partial charge in [-0.15, -0.1) is 0 Å². The van der Waals surface area contributed by atoms with Crippen LogP contribution in [0.4, 0.5) is 5.69 Å². The van der Waals surface area contributed by atoms with Crippen LogP contribution in [0, 0.1) is 0 Å². The highest BCUT2D eigenvalue weighted by molar-refractivity contribution is 7.89. The summed E-state index contributed by atoms with van der Waals surface area (Å²) in [6.07, 6.45) is 0. The van der Waals surface area contributed by atoms with Crippen LogP contribution < -0.4 is 5.32 Å². The van der Waals surface area contributed by atoms with Gasteiger partial charge in [-0.1, -0.05) is 32.0 Å². The van der Waals surface area contributed by atoms with E-state index in [-0.39, 0.29) is 21.7 Å². The standard InChI is InChI=1S/C22H23N3O7S/c1-3-24(4-2)33(30,31)16-9-7-8-15(12-16)23-19(26)14-32-20(27)13-25-21(28)17-10-5-6-11-18(17)22(25)29/h5-12H,3-4,13-14H2,1-2H3,(H,23,26). The van der Waals surface area contributed by atoms with Crippen molar-refractivity contribution in [1.29, 1.82) is 0 Å². The van der Waals surface area contributed by atoms with E-state index in [2.05, 4.69) is 5.32 Å². The summed E-state index contributed by atoms with van der Waals surface area (Å²) in [5.74, 6) is -2.85. The third-order valence-electron chi connectivity index (χ3n) is 4.99. The molecule has 0 radical (unpaired) electrons. The SMILES string of the molecule is CCN(CC)S(=O)(=O)c1cccc(NC(=O)COC(=O)CN2C(=O)c3ccccc3C2=O)c1. The van der Waals surface area contributed by atoms with E-state index in [1.807, 2.05) is 0 Å². The highest BCUT2D eigenvalue weighted by Crippen LogP contribution is 2.22. The fraction of sp³-hybridized carbons (Fsp3) is 0.273. The van der Waals surface area contributed by atoms with Crippen molar-refractivity contribution in [3.8, 4) is 0 Å². The maximum absolute atomic E-state index is 12.6. The largest absolute Gasteiger partial charge is 0.454 e. The monoisotopic (exact) mass is 473 g/mol. The quantitative estimate of drug-likeness (QED) is 0.431. The van der Waals surface area contributed by atoms with Crippen LogP contribution in [-0.4, -0.2) is 67.6 Å². The van der Waals surface area contributed by atoms with Crippen LogP contribution in [0.15, 0.2) is 53.4 Å². The number of nitrogens with one attached hydrogen (secondary N) is 1. The number of esters is 1. The van der Waals surface area contributed by atoms with Crippen LogP contribution in [0.5, 0.6) is 0 Å². The number of carbonyl (C=O) groups is 4. The highest BCUT2D eigenvalue weighted by Gasteiger charge is 2.36. The summed E-state index contributed by atoms with van der Waals surface area (Å²) in [4.78, 5) is 49.6. The Labute approximate surface area is 191 Å². The summed E-state index contributed by atoms with van der Waals surface area (Å²) in [6.45, 7) is 2.76. The van der Waals surface area contributed by atoms with E-state index in [0.717, 1.165) is 4.90 Å². The van der Waals surface area contributed by atoms with Gasteiger partial charge in [0.25, 0.3) is 17.7 Å². The van der Waals surface area contributed by atoms with Crippen LogP contribution in [0.2, 0.25) is 0 Å². The van der Waals surface area contributed by atoms with Gasteiger partial charge in [0.05, 0.1) is 16.0 Å². The molecule has 3 rings (SSSR count). The number of sulfonamides is 1. The number of ether oxygens (including phenoxy) is 1. The maximum Gasteiger partial charge on any atom is 0.326 e. The number of rotatable bonds is 9. The Morgan fingerprint density at radius 1 is 0.970 bits per heavy atom. The van der Waals surface area contributed by atoms with Crippen molar-refractivity contribution in [1.82, 2.24) is 9.21 Å². The fourth-order valence-corrected chi connectivity index (χ4v) is 4.85. The number of hydrogen-bond acceptors (Lipinski definition) is 7. The minimum Gasteiger partial charge on any atom is -0.454 e. The van der Waals surface area contributed by atoms with Crippen molar-refractivity contribution in [3.63, 3.8) is 0 Å². The summed E-state index contributed by atoms with van der Waals surface area (Å²) >= 11 is 0. The van der Waals surface area contributed by atoms with E-state index in [1.165, 1.54) is 40.7 Å². The molecule has 0 spiro atoms. The zero-order valence-electron chi connectivity index (χ0n) is 18.1. The number of nitrogens with zero attached hydrogens (tertiary/aromatic N) is 2. The molecule has 10 nitrogen and oxygen atoms in total. The fourth-order valence-electron chi connectivity index (χ4n) is 3.35. The van der Waals surface area contributed by atoms with E-state index in [0.29, 0.717) is 13.1 Å². The molecule has 2 aromatic carbocycles. The summed E-state index contributed by atoms with van der Waals surface area (Å²) in [5, 5.41) is 2.46. The lowest BCUT2D eigenvalue weighted by Gasteiger charge is -2.18. The van der Waals surface area contributed by atoms with Crippen LogP contribution in [-0.2, 0) is 24.3 Å². The van der Waals surface area contributed by atoms with Gasteiger partial charge < -0.3 is 10.1 Å². The normalized spacial score (nSPS) is 13.2. The maximum atomic E-state index is 12.6. The lowest BCUT2D eigenvalue weighted by Crippen LogP contribution is -2.36. The Morgan fingerprint density at radius 2 is 1.58 bits per heavy atom. The van der Waals surface area contributed by atoms with Crippen molar-refractivity contribution < 1.29 is 32.3 Å². The van der Waals surface area contributed by atoms with E-state index < -0.39 is 46.9 Å². The van der Waals surface area contributed by atoms with Gasteiger partial charge in [0, 0.05) is 18.8 Å². The lowest BCUT2D eigenvalue weighted by molar-refractivity contribution is -0.147. The second-order valence-corrected chi connectivity index (χ2v) is 9.01. The minimum atomic E-state index is -3.70. The van der Waals surface area contributed by atoms with Crippen LogP contribution in [0.25, 0.3) is 0 Å². The number of carbonyl (C=O) groups excluding carboxylic acids is 4. The number of amides is 3. The highest BCUT2D eigenvalue weighted by atomic mass is 32.2. The molecule has 0 aromatic heterocycles. The third-order valence-corrected chi connectivity index (χ3v) is 7.04. The van der Waals surface area contributed by atoms with Crippen molar-refractivity contribution in [2.45, 2.75) is 18.7 Å². The average Bonchev–Trinajstić information content (AvgIpc) is 3.03. The van der Waals surface area contributed by atoms with Gasteiger partial charge in [0.1, 0.15) is 6.54 Å². The second-order valence-electron chi connectivity index (χ2n) is 7.07. The van der Waals surface area contributed by atoms with E-state index >= 15 is 0 Å². The van der Waals surface area contributed by atoms with Gasteiger partial charge in [0.2, 0.25) is 10.0 Å². The zero-order chi connectivity index (χ0) is 24.2. The first-order chi connectivity index (χ1) is 15.7. The van der Waals surface area contributed by atoms with Gasteiger partial charge in [-0.2, -0.15) is 4.31 Å². The third kappa shape index (κ3) is 5.10. The molecule has 0 saturated heterocycles. The molecule has 3 amide bonds. The Hall–Kier alpha value is -3.57. The first-order valence-corrected chi connectivity index (χ1v) is 11.6. The van der Waals surface area contributed by atoms with E-state index in [1.54, 1.807) is 26.0 Å². The minimum absolute atomic E-state index is 0.0200. The van der Waals surface area contributed by atoms with Gasteiger partial charge in [-0.05, 0) is 30.3 Å². The Bertz CT molecular complexity index is 1170. The zero-order valence-corrected chi connectivity index (χ0v) is 18.9. The predicted octanol–water partition coefficient (Wildman–Crippen LogP) is 1.49. The Morgan fingerprint density at radius 3 is 2.15 bits per heavy atom. The summed E-state index contributed by atoms with van der Waals surface area (Å²) in [6, 6.07) is 11.9. The molecule has 33 heavy (non-hydrogen) atoms. The number of benzene rings is 2. The van der Waals surface area contributed by atoms with Gasteiger partial charge in [0.15, 0.2) is 6.61 Å². The Kier molecular flexibility index (Phi) is 7.24. The van der Waals surface area contributed by atoms with E-state index in [9.17, 15) is 27.6 Å². The number of anilines is 1. The molecule has 0 saturated carbocycles. The second kappa shape index (κ2) is 9.92. The molecule has 0 aliphatic carbocycles. The molecule has 2 aromatic rings. The van der Waals surface area contributed by atoms with Crippen molar-refractivity contribution in [3.05, 3.63) is 59.7 Å². The van der Waals surface area contributed by atoms with Gasteiger partial charge >= 0.3 is 5.97 Å². The average molecular weight is 474 g/mol. The molecule has 1 aliphatic heterocycles. The van der Waals surface area contributed by atoms with Crippen LogP contribution in [0.1, 0.15) is 34.6 Å².